The molecule has 4 heteroatoms. The second-order valence-corrected chi connectivity index (χ2v) is 3.63. The smallest absolute Gasteiger partial charge is 0.307 e. The predicted octanol–water partition coefficient (Wildman–Crippen LogP) is 2.08. The summed E-state index contributed by atoms with van der Waals surface area (Å²) in [4.78, 5) is 14.6. The number of carbonyl (C=O) groups is 1. The van der Waals surface area contributed by atoms with Crippen molar-refractivity contribution in [2.45, 2.75) is 6.42 Å². The van der Waals surface area contributed by atoms with E-state index in [1.807, 2.05) is 30.3 Å². The van der Waals surface area contributed by atoms with E-state index in [1.54, 1.807) is 0 Å². The number of hydrogen-bond donors (Lipinski definition) is 2. The van der Waals surface area contributed by atoms with Crippen LogP contribution in [0.1, 0.15) is 5.56 Å². The monoisotopic (exact) mass is 229 g/mol. The van der Waals surface area contributed by atoms with E-state index in [4.69, 9.17) is 5.11 Å². The molecule has 0 atom stereocenters. The molecule has 0 aliphatic rings. The molecule has 0 spiro atoms. The molecule has 0 bridgehead atoms. The topological polar surface area (TPSA) is 70.4 Å². The van der Waals surface area contributed by atoms with Crippen LogP contribution in [-0.2, 0) is 11.2 Å². The molecule has 4 nitrogen and oxygen atoms in total. The van der Waals surface area contributed by atoms with Crippen LogP contribution in [0.3, 0.4) is 0 Å². The molecule has 86 valence electrons. The standard InChI is InChI=1S/C13H11NO3/c15-11-8-14-7-10(6-12(16)17)13(11)9-4-2-1-3-5-9/h1-5,7-8,15H,6H2,(H,16,17). The highest BCUT2D eigenvalue weighted by atomic mass is 16.4. The third-order valence-electron chi connectivity index (χ3n) is 2.41. The van der Waals surface area contributed by atoms with Gasteiger partial charge in [-0.15, -0.1) is 0 Å². The van der Waals surface area contributed by atoms with Gasteiger partial charge in [-0.05, 0) is 11.1 Å². The maximum Gasteiger partial charge on any atom is 0.307 e. The Hall–Kier alpha value is -2.36. The molecule has 17 heavy (non-hydrogen) atoms. The van der Waals surface area contributed by atoms with Gasteiger partial charge in [-0.2, -0.15) is 0 Å². The Morgan fingerprint density at radius 1 is 1.18 bits per heavy atom. The van der Waals surface area contributed by atoms with Crippen molar-refractivity contribution in [3.8, 4) is 16.9 Å². The second kappa shape index (κ2) is 4.65. The first-order chi connectivity index (χ1) is 8.18. The Morgan fingerprint density at radius 2 is 1.88 bits per heavy atom. The lowest BCUT2D eigenvalue weighted by Crippen LogP contribution is -2.02. The first kappa shape index (κ1) is 11.1. The maximum atomic E-state index is 10.8. The summed E-state index contributed by atoms with van der Waals surface area (Å²) in [6.07, 6.45) is 2.62. The zero-order valence-corrected chi connectivity index (χ0v) is 9.00. The lowest BCUT2D eigenvalue weighted by molar-refractivity contribution is -0.136. The van der Waals surface area contributed by atoms with Gasteiger partial charge in [-0.1, -0.05) is 30.3 Å². The van der Waals surface area contributed by atoms with Crippen LogP contribution in [0.4, 0.5) is 0 Å². The lowest BCUT2D eigenvalue weighted by atomic mass is 9.99. The summed E-state index contributed by atoms with van der Waals surface area (Å²) in [7, 11) is 0. The first-order valence-electron chi connectivity index (χ1n) is 5.11. The molecule has 0 fully saturated rings. The summed E-state index contributed by atoms with van der Waals surface area (Å²) in [5.74, 6) is -0.954. The van der Waals surface area contributed by atoms with Crippen LogP contribution in [0, 0.1) is 0 Å². The maximum absolute atomic E-state index is 10.8. The van der Waals surface area contributed by atoms with Gasteiger partial charge >= 0.3 is 5.97 Å². The van der Waals surface area contributed by atoms with Gasteiger partial charge in [0, 0.05) is 11.8 Å². The van der Waals surface area contributed by atoms with E-state index in [9.17, 15) is 9.90 Å². The molecule has 1 aromatic heterocycles. The molecule has 0 aliphatic heterocycles. The molecule has 1 aromatic carbocycles. The average molecular weight is 229 g/mol. The number of rotatable bonds is 3. The van der Waals surface area contributed by atoms with E-state index in [0.29, 0.717) is 11.1 Å². The average Bonchev–Trinajstić information content (AvgIpc) is 2.29. The number of carboxylic acids is 1. The van der Waals surface area contributed by atoms with Gasteiger partial charge < -0.3 is 10.2 Å². The highest BCUT2D eigenvalue weighted by Crippen LogP contribution is 2.31. The van der Waals surface area contributed by atoms with E-state index >= 15 is 0 Å². The number of carboxylic acid groups (broad SMARTS) is 1. The molecule has 0 saturated heterocycles. The van der Waals surface area contributed by atoms with Crippen molar-refractivity contribution in [1.82, 2.24) is 4.98 Å². The van der Waals surface area contributed by atoms with Crippen molar-refractivity contribution in [2.75, 3.05) is 0 Å². The molecular formula is C13H11NO3. The summed E-state index contributed by atoms with van der Waals surface area (Å²) in [6, 6.07) is 9.17. The second-order valence-electron chi connectivity index (χ2n) is 3.63. The van der Waals surface area contributed by atoms with Gasteiger partial charge in [-0.3, -0.25) is 9.78 Å². The molecule has 1 heterocycles. The number of nitrogens with zero attached hydrogens (tertiary/aromatic N) is 1. The summed E-state index contributed by atoms with van der Waals surface area (Å²) in [5.41, 5.74) is 1.82. The fourth-order valence-electron chi connectivity index (χ4n) is 1.73. The highest BCUT2D eigenvalue weighted by molar-refractivity contribution is 5.79. The van der Waals surface area contributed by atoms with E-state index in [0.717, 1.165) is 5.56 Å². The number of benzene rings is 1. The van der Waals surface area contributed by atoms with Crippen molar-refractivity contribution in [2.24, 2.45) is 0 Å². The van der Waals surface area contributed by atoms with Crippen LogP contribution in [0.25, 0.3) is 11.1 Å². The van der Waals surface area contributed by atoms with Crippen molar-refractivity contribution < 1.29 is 15.0 Å². The van der Waals surface area contributed by atoms with Crippen molar-refractivity contribution in [3.05, 3.63) is 48.3 Å². The van der Waals surface area contributed by atoms with Crippen LogP contribution < -0.4 is 0 Å². The zero-order chi connectivity index (χ0) is 12.3. The summed E-state index contributed by atoms with van der Waals surface area (Å²) < 4.78 is 0. The van der Waals surface area contributed by atoms with Gasteiger partial charge in [-0.25, -0.2) is 0 Å². The molecule has 0 unspecified atom stereocenters. The van der Waals surface area contributed by atoms with Gasteiger partial charge in [0.1, 0.15) is 5.75 Å². The Balaban J connectivity index is 2.55. The third-order valence-corrected chi connectivity index (χ3v) is 2.41. The first-order valence-corrected chi connectivity index (χ1v) is 5.11. The number of pyridine rings is 1. The summed E-state index contributed by atoms with van der Waals surface area (Å²) >= 11 is 0. The quantitative estimate of drug-likeness (QED) is 0.845. The van der Waals surface area contributed by atoms with E-state index < -0.39 is 5.97 Å². The van der Waals surface area contributed by atoms with E-state index in [2.05, 4.69) is 4.98 Å². The summed E-state index contributed by atoms with van der Waals surface area (Å²) in [5, 5.41) is 18.6. The summed E-state index contributed by atoms with van der Waals surface area (Å²) in [6.45, 7) is 0. The Labute approximate surface area is 98.2 Å². The van der Waals surface area contributed by atoms with Crippen LogP contribution >= 0.6 is 0 Å². The Bertz CT molecular complexity index is 538. The zero-order valence-electron chi connectivity index (χ0n) is 9.00. The SMILES string of the molecule is O=C(O)Cc1cncc(O)c1-c1ccccc1. The molecule has 0 amide bonds. The minimum Gasteiger partial charge on any atom is -0.506 e. The molecule has 2 N–H and O–H groups in total. The molecule has 0 saturated carbocycles. The number of aromatic hydroxyl groups is 1. The van der Waals surface area contributed by atoms with Crippen LogP contribution in [-0.4, -0.2) is 21.2 Å². The minimum absolute atomic E-state index is 0.00468. The number of hydrogen-bond acceptors (Lipinski definition) is 3. The number of aliphatic carboxylic acids is 1. The minimum atomic E-state index is -0.949. The van der Waals surface area contributed by atoms with Crippen LogP contribution in [0.15, 0.2) is 42.7 Å². The van der Waals surface area contributed by atoms with Crippen molar-refractivity contribution in [3.63, 3.8) is 0 Å². The third kappa shape index (κ3) is 2.42. The molecular weight excluding hydrogens is 218 g/mol. The van der Waals surface area contributed by atoms with Crippen molar-refractivity contribution in [1.29, 1.82) is 0 Å². The van der Waals surface area contributed by atoms with E-state index in [-0.39, 0.29) is 12.2 Å². The lowest BCUT2D eigenvalue weighted by Gasteiger charge is -2.09. The normalized spacial score (nSPS) is 10.1. The van der Waals surface area contributed by atoms with Crippen LogP contribution in [0.5, 0.6) is 5.75 Å². The predicted molar refractivity (Wildman–Crippen MR) is 62.7 cm³/mol. The molecule has 0 radical (unpaired) electrons. The fraction of sp³-hybridized carbons (Fsp3) is 0.0769. The van der Waals surface area contributed by atoms with Gasteiger partial charge in [0.2, 0.25) is 0 Å². The van der Waals surface area contributed by atoms with E-state index in [1.165, 1.54) is 12.4 Å². The Kier molecular flexibility index (Phi) is 3.05. The molecule has 2 aromatic rings. The fourth-order valence-corrected chi connectivity index (χ4v) is 1.73. The molecule has 0 aliphatic carbocycles. The Morgan fingerprint density at radius 3 is 2.53 bits per heavy atom. The number of aromatic nitrogens is 1. The largest absolute Gasteiger partial charge is 0.506 e. The van der Waals surface area contributed by atoms with Gasteiger partial charge in [0.05, 0.1) is 12.6 Å². The highest BCUT2D eigenvalue weighted by Gasteiger charge is 2.12. The van der Waals surface area contributed by atoms with Crippen molar-refractivity contribution >= 4 is 5.97 Å². The molecule has 2 rings (SSSR count). The van der Waals surface area contributed by atoms with Crippen LogP contribution in [0.2, 0.25) is 0 Å². The van der Waals surface area contributed by atoms with Gasteiger partial charge in [0.25, 0.3) is 0 Å². The van der Waals surface area contributed by atoms with Gasteiger partial charge in [0.15, 0.2) is 0 Å².